The van der Waals surface area contributed by atoms with Crippen LogP contribution in [0.15, 0.2) is 42.0 Å². The molecule has 0 heterocycles. The lowest BCUT2D eigenvalue weighted by molar-refractivity contribution is -0.153. The van der Waals surface area contributed by atoms with Gasteiger partial charge in [0.05, 0.1) is 24.7 Å². The summed E-state index contributed by atoms with van der Waals surface area (Å²) in [7, 11) is -2.56. The third-order valence-electron chi connectivity index (χ3n) is 10.2. The van der Waals surface area contributed by atoms with E-state index in [-0.39, 0.29) is 40.8 Å². The van der Waals surface area contributed by atoms with Gasteiger partial charge in [0.1, 0.15) is 6.10 Å². The minimum Gasteiger partial charge on any atom is -0.469 e. The zero-order valence-electron chi connectivity index (χ0n) is 26.4. The van der Waals surface area contributed by atoms with Crippen LogP contribution in [0.5, 0.6) is 0 Å². The Bertz CT molecular complexity index is 1030. The molecule has 0 bridgehead atoms. The molecule has 40 heavy (non-hydrogen) atoms. The van der Waals surface area contributed by atoms with E-state index in [1.165, 1.54) is 7.11 Å². The van der Waals surface area contributed by atoms with Crippen LogP contribution in [-0.2, 0) is 23.1 Å². The number of hydrogen-bond donors (Lipinski definition) is 0. The molecule has 224 valence electrons. The van der Waals surface area contributed by atoms with Crippen molar-refractivity contribution in [2.24, 2.45) is 23.7 Å². The van der Waals surface area contributed by atoms with E-state index in [4.69, 9.17) is 18.3 Å². The molecule has 0 aromatic heterocycles. The molecule has 6 nitrogen and oxygen atoms in total. The standard InChI is InChI=1S/C32H52O6Si2/c1-11-40(12-2,13-3)38-26-20-27(37-30(33)23-17-15-14-16-18-23)28-24(26)19-22(4)25(29(28)31(34)35-8)21-36-39(9,10)32(5,6)7/h14-19,24-29H,11-13,20-21H2,1-10H3/t24-,25-,26-,27-,28+,29-/m0/s1. The van der Waals surface area contributed by atoms with Crippen LogP contribution in [0.1, 0.15) is 65.2 Å². The highest BCUT2D eigenvalue weighted by molar-refractivity contribution is 6.74. The highest BCUT2D eigenvalue weighted by Gasteiger charge is 2.57. The lowest BCUT2D eigenvalue weighted by Crippen LogP contribution is -2.48. The number of rotatable bonds is 11. The van der Waals surface area contributed by atoms with Crippen LogP contribution < -0.4 is 0 Å². The van der Waals surface area contributed by atoms with Crippen LogP contribution in [0.4, 0.5) is 0 Å². The van der Waals surface area contributed by atoms with Gasteiger partial charge >= 0.3 is 11.9 Å². The predicted molar refractivity (Wildman–Crippen MR) is 165 cm³/mol. The quantitative estimate of drug-likeness (QED) is 0.150. The zero-order valence-corrected chi connectivity index (χ0v) is 28.4. The van der Waals surface area contributed by atoms with Crippen molar-refractivity contribution in [1.29, 1.82) is 0 Å². The molecule has 0 saturated heterocycles. The second kappa shape index (κ2) is 13.1. The first-order valence-electron chi connectivity index (χ1n) is 15.1. The summed E-state index contributed by atoms with van der Waals surface area (Å²) >= 11 is 0. The highest BCUT2D eigenvalue weighted by Crippen LogP contribution is 2.51. The van der Waals surface area contributed by atoms with Gasteiger partial charge in [-0.2, -0.15) is 0 Å². The van der Waals surface area contributed by atoms with E-state index < -0.39 is 28.7 Å². The molecule has 0 aliphatic heterocycles. The maximum atomic E-state index is 13.6. The minimum atomic E-state index is -2.06. The largest absolute Gasteiger partial charge is 0.469 e. The molecule has 8 heteroatoms. The lowest BCUT2D eigenvalue weighted by atomic mass is 9.68. The van der Waals surface area contributed by atoms with Crippen molar-refractivity contribution in [3.63, 3.8) is 0 Å². The fourth-order valence-electron chi connectivity index (χ4n) is 6.27. The smallest absolute Gasteiger partial charge is 0.338 e. The van der Waals surface area contributed by atoms with E-state index >= 15 is 0 Å². The van der Waals surface area contributed by atoms with Crippen molar-refractivity contribution in [3.05, 3.63) is 47.5 Å². The van der Waals surface area contributed by atoms with Gasteiger partial charge < -0.3 is 18.3 Å². The van der Waals surface area contributed by atoms with Crippen LogP contribution >= 0.6 is 0 Å². The summed E-state index contributed by atoms with van der Waals surface area (Å²) < 4.78 is 25.4. The van der Waals surface area contributed by atoms with Gasteiger partial charge in [0.2, 0.25) is 0 Å². The molecule has 1 aromatic carbocycles. The molecule has 1 fully saturated rings. The summed E-state index contributed by atoms with van der Waals surface area (Å²) in [5.41, 5.74) is 1.65. The fraction of sp³-hybridized carbons (Fsp3) is 0.688. The van der Waals surface area contributed by atoms with Gasteiger partial charge in [0.15, 0.2) is 16.6 Å². The lowest BCUT2D eigenvalue weighted by Gasteiger charge is -2.43. The Morgan fingerprint density at radius 3 is 2.10 bits per heavy atom. The SMILES string of the molecule is CC[Si](CC)(CC)O[C@H]1C[C@H](OC(=O)c2ccccc2)[C@H]2[C@H]1C=C(C)[C@H](CO[Si](C)(C)C(C)(C)C)[C@@H]2C(=O)OC. The second-order valence-electron chi connectivity index (χ2n) is 13.2. The molecule has 2 aliphatic rings. The van der Waals surface area contributed by atoms with Crippen molar-refractivity contribution >= 4 is 28.6 Å². The Labute approximate surface area is 244 Å². The molecule has 1 saturated carbocycles. The molecular formula is C32H52O6Si2. The monoisotopic (exact) mass is 588 g/mol. The Hall–Kier alpha value is -1.75. The molecule has 2 aliphatic carbocycles. The molecule has 0 unspecified atom stereocenters. The maximum Gasteiger partial charge on any atom is 0.338 e. The van der Waals surface area contributed by atoms with Crippen LogP contribution in [0.3, 0.4) is 0 Å². The van der Waals surface area contributed by atoms with Crippen LogP contribution in [0.25, 0.3) is 0 Å². The Balaban J connectivity index is 2.03. The van der Waals surface area contributed by atoms with Gasteiger partial charge in [-0.3, -0.25) is 4.79 Å². The average Bonchev–Trinajstić information content (AvgIpc) is 3.25. The topological polar surface area (TPSA) is 71.1 Å². The molecular weight excluding hydrogens is 537 g/mol. The number of esters is 2. The number of ether oxygens (including phenoxy) is 2. The first kappa shape index (κ1) is 32.8. The van der Waals surface area contributed by atoms with Crippen molar-refractivity contribution in [1.82, 2.24) is 0 Å². The normalized spacial score (nSPS) is 27.1. The van der Waals surface area contributed by atoms with E-state index in [2.05, 4.69) is 67.6 Å². The molecule has 0 radical (unpaired) electrons. The van der Waals surface area contributed by atoms with Crippen molar-refractivity contribution in [2.75, 3.05) is 13.7 Å². The van der Waals surface area contributed by atoms with E-state index in [1.54, 1.807) is 12.1 Å². The van der Waals surface area contributed by atoms with Crippen LogP contribution in [0.2, 0.25) is 36.3 Å². The summed E-state index contributed by atoms with van der Waals surface area (Å²) in [5, 5.41) is 0.0526. The summed E-state index contributed by atoms with van der Waals surface area (Å²) in [5.74, 6) is -1.52. The molecule has 6 atom stereocenters. The zero-order chi connectivity index (χ0) is 29.9. The summed E-state index contributed by atoms with van der Waals surface area (Å²) in [6, 6.07) is 12.2. The Kier molecular flexibility index (Phi) is 10.7. The summed E-state index contributed by atoms with van der Waals surface area (Å²) in [4.78, 5) is 26.9. The van der Waals surface area contributed by atoms with E-state index in [0.29, 0.717) is 18.6 Å². The molecule has 0 amide bonds. The van der Waals surface area contributed by atoms with Crippen molar-refractivity contribution < 1.29 is 27.9 Å². The van der Waals surface area contributed by atoms with E-state index in [9.17, 15) is 9.59 Å². The Morgan fingerprint density at radius 1 is 0.975 bits per heavy atom. The second-order valence-corrected chi connectivity index (χ2v) is 22.8. The van der Waals surface area contributed by atoms with Gasteiger partial charge in [0, 0.05) is 30.8 Å². The van der Waals surface area contributed by atoms with Crippen molar-refractivity contribution in [3.8, 4) is 0 Å². The van der Waals surface area contributed by atoms with Crippen LogP contribution in [0, 0.1) is 23.7 Å². The molecule has 3 rings (SSSR count). The minimum absolute atomic E-state index is 0.0293. The Morgan fingerprint density at radius 2 is 1.57 bits per heavy atom. The third-order valence-corrected chi connectivity index (χ3v) is 19.3. The molecule has 0 spiro atoms. The average molecular weight is 589 g/mol. The number of carbonyl (C=O) groups is 2. The first-order chi connectivity index (χ1) is 18.7. The van der Waals surface area contributed by atoms with Gasteiger partial charge in [-0.1, -0.05) is 71.4 Å². The summed E-state index contributed by atoms with van der Waals surface area (Å²) in [6.07, 6.45) is 2.32. The number of hydrogen-bond acceptors (Lipinski definition) is 6. The molecule has 0 N–H and O–H groups in total. The molecule has 1 aromatic rings. The fourth-order valence-corrected chi connectivity index (χ4v) is 10.2. The number of methoxy groups -OCH3 is 1. The predicted octanol–water partition coefficient (Wildman–Crippen LogP) is 7.63. The number of fused-ring (bicyclic) bond motifs is 1. The maximum absolute atomic E-state index is 13.6. The number of carbonyl (C=O) groups excluding carboxylic acids is 2. The van der Waals surface area contributed by atoms with Crippen LogP contribution in [-0.4, -0.2) is 54.5 Å². The van der Waals surface area contributed by atoms with Crippen molar-refractivity contribution in [2.45, 2.75) is 103 Å². The highest BCUT2D eigenvalue weighted by atomic mass is 28.4. The third kappa shape index (κ3) is 6.82. The van der Waals surface area contributed by atoms with Gasteiger partial charge in [-0.15, -0.1) is 0 Å². The first-order valence-corrected chi connectivity index (χ1v) is 20.5. The van der Waals surface area contributed by atoms with Gasteiger partial charge in [-0.05, 0) is 55.3 Å². The summed E-state index contributed by atoms with van der Waals surface area (Å²) in [6.45, 7) is 20.4. The van der Waals surface area contributed by atoms with E-state index in [1.807, 2.05) is 18.2 Å². The van der Waals surface area contributed by atoms with Gasteiger partial charge in [-0.25, -0.2) is 4.79 Å². The van der Waals surface area contributed by atoms with Gasteiger partial charge in [0.25, 0.3) is 0 Å². The number of benzene rings is 1. The van der Waals surface area contributed by atoms with E-state index in [0.717, 1.165) is 23.7 Å².